The maximum atomic E-state index is 8.46. The predicted octanol–water partition coefficient (Wildman–Crippen LogP) is 0.606. The SMILES string of the molecule is CC(C(N)=NO)N(C)C1CCC1. The molecule has 4 nitrogen and oxygen atoms in total. The number of hydrogen-bond acceptors (Lipinski definition) is 3. The lowest BCUT2D eigenvalue weighted by molar-refractivity contribution is 0.143. The van der Waals surface area contributed by atoms with Crippen LogP contribution in [-0.2, 0) is 0 Å². The molecule has 0 radical (unpaired) electrons. The van der Waals surface area contributed by atoms with Crippen molar-refractivity contribution in [2.75, 3.05) is 7.05 Å². The highest BCUT2D eigenvalue weighted by Gasteiger charge is 2.26. The standard InChI is InChI=1S/C8H17N3O/c1-6(8(9)10-12)11(2)7-4-3-5-7/h6-7,12H,3-5H2,1-2H3,(H2,9,10). The molecule has 0 heterocycles. The molecule has 1 aliphatic carbocycles. The van der Waals surface area contributed by atoms with Crippen molar-refractivity contribution in [3.63, 3.8) is 0 Å². The topological polar surface area (TPSA) is 61.9 Å². The van der Waals surface area contributed by atoms with Crippen molar-refractivity contribution in [3.05, 3.63) is 0 Å². The molecule has 4 heteroatoms. The van der Waals surface area contributed by atoms with Gasteiger partial charge in [0, 0.05) is 6.04 Å². The van der Waals surface area contributed by atoms with Crippen molar-refractivity contribution in [3.8, 4) is 0 Å². The maximum Gasteiger partial charge on any atom is 0.156 e. The average Bonchev–Trinajstić information content (AvgIpc) is 1.98. The molecule has 1 saturated carbocycles. The van der Waals surface area contributed by atoms with Gasteiger partial charge in [0.1, 0.15) is 0 Å². The van der Waals surface area contributed by atoms with Gasteiger partial charge in [-0.25, -0.2) is 0 Å². The molecule has 3 N–H and O–H groups in total. The molecule has 1 atom stereocenters. The molecule has 0 aromatic rings. The van der Waals surface area contributed by atoms with E-state index in [0.29, 0.717) is 11.9 Å². The smallest absolute Gasteiger partial charge is 0.156 e. The highest BCUT2D eigenvalue weighted by Crippen LogP contribution is 2.24. The van der Waals surface area contributed by atoms with Crippen LogP contribution in [0.1, 0.15) is 26.2 Å². The fraction of sp³-hybridized carbons (Fsp3) is 0.875. The number of nitrogens with two attached hydrogens (primary N) is 1. The molecule has 1 fully saturated rings. The summed E-state index contributed by atoms with van der Waals surface area (Å²) in [5, 5.41) is 11.5. The Morgan fingerprint density at radius 2 is 2.25 bits per heavy atom. The van der Waals surface area contributed by atoms with E-state index < -0.39 is 0 Å². The van der Waals surface area contributed by atoms with E-state index in [1.165, 1.54) is 19.3 Å². The minimum absolute atomic E-state index is 0.0419. The molecular weight excluding hydrogens is 154 g/mol. The average molecular weight is 171 g/mol. The van der Waals surface area contributed by atoms with Crippen molar-refractivity contribution in [2.24, 2.45) is 10.9 Å². The first kappa shape index (κ1) is 9.32. The van der Waals surface area contributed by atoms with E-state index in [4.69, 9.17) is 10.9 Å². The fourth-order valence-corrected chi connectivity index (χ4v) is 1.40. The van der Waals surface area contributed by atoms with Gasteiger partial charge in [-0.15, -0.1) is 0 Å². The summed E-state index contributed by atoms with van der Waals surface area (Å²) in [7, 11) is 2.02. The molecule has 12 heavy (non-hydrogen) atoms. The van der Waals surface area contributed by atoms with Crippen LogP contribution in [0.2, 0.25) is 0 Å². The quantitative estimate of drug-likeness (QED) is 0.283. The van der Waals surface area contributed by atoms with Crippen LogP contribution in [0.15, 0.2) is 5.16 Å². The Hall–Kier alpha value is -0.770. The Balaban J connectivity index is 2.44. The molecule has 0 saturated heterocycles. The van der Waals surface area contributed by atoms with Gasteiger partial charge in [-0.1, -0.05) is 11.6 Å². The van der Waals surface area contributed by atoms with E-state index in [2.05, 4.69) is 10.1 Å². The summed E-state index contributed by atoms with van der Waals surface area (Å²) < 4.78 is 0. The van der Waals surface area contributed by atoms with Crippen molar-refractivity contribution in [1.82, 2.24) is 4.90 Å². The highest BCUT2D eigenvalue weighted by molar-refractivity contribution is 5.84. The van der Waals surface area contributed by atoms with Crippen molar-refractivity contribution in [1.29, 1.82) is 0 Å². The number of nitrogens with zero attached hydrogens (tertiary/aromatic N) is 2. The van der Waals surface area contributed by atoms with Gasteiger partial charge in [0.2, 0.25) is 0 Å². The Morgan fingerprint density at radius 1 is 1.67 bits per heavy atom. The number of likely N-dealkylation sites (N-methyl/N-ethyl adjacent to an activating group) is 1. The molecule has 0 spiro atoms. The van der Waals surface area contributed by atoms with Gasteiger partial charge in [0.05, 0.1) is 6.04 Å². The molecule has 0 aromatic carbocycles. The monoisotopic (exact) mass is 171 g/mol. The molecular formula is C8H17N3O. The third-order valence-electron chi connectivity index (χ3n) is 2.81. The maximum absolute atomic E-state index is 8.46. The molecule has 0 aliphatic heterocycles. The van der Waals surface area contributed by atoms with Crippen molar-refractivity contribution in [2.45, 2.75) is 38.3 Å². The number of amidine groups is 1. The van der Waals surface area contributed by atoms with Gasteiger partial charge in [0.25, 0.3) is 0 Å². The van der Waals surface area contributed by atoms with Gasteiger partial charge < -0.3 is 10.9 Å². The number of rotatable bonds is 3. The minimum Gasteiger partial charge on any atom is -0.409 e. The molecule has 0 amide bonds. The summed E-state index contributed by atoms with van der Waals surface area (Å²) in [5.41, 5.74) is 5.49. The first-order valence-electron chi connectivity index (χ1n) is 4.36. The second kappa shape index (κ2) is 3.76. The van der Waals surface area contributed by atoms with Crippen LogP contribution in [0.25, 0.3) is 0 Å². The lowest BCUT2D eigenvalue weighted by Gasteiger charge is -2.37. The number of hydrogen-bond donors (Lipinski definition) is 2. The minimum atomic E-state index is 0.0419. The Morgan fingerprint density at radius 3 is 2.58 bits per heavy atom. The molecule has 0 aromatic heterocycles. The normalized spacial score (nSPS) is 22.4. The summed E-state index contributed by atoms with van der Waals surface area (Å²) in [5.74, 6) is 0.296. The third kappa shape index (κ3) is 1.69. The van der Waals surface area contributed by atoms with E-state index in [1.807, 2.05) is 14.0 Å². The molecule has 1 rings (SSSR count). The van der Waals surface area contributed by atoms with Gasteiger partial charge in [-0.3, -0.25) is 4.90 Å². The molecule has 1 aliphatic rings. The van der Waals surface area contributed by atoms with Crippen LogP contribution < -0.4 is 5.73 Å². The number of oxime groups is 1. The zero-order valence-electron chi connectivity index (χ0n) is 7.70. The van der Waals surface area contributed by atoms with E-state index in [0.717, 1.165) is 0 Å². The summed E-state index contributed by atoms with van der Waals surface area (Å²) in [6.07, 6.45) is 3.77. The van der Waals surface area contributed by atoms with Crippen LogP contribution in [0, 0.1) is 0 Å². The summed E-state index contributed by atoms with van der Waals surface area (Å²) in [4.78, 5) is 2.17. The van der Waals surface area contributed by atoms with Crippen molar-refractivity contribution >= 4 is 5.84 Å². The summed E-state index contributed by atoms with van der Waals surface area (Å²) >= 11 is 0. The van der Waals surface area contributed by atoms with Crippen LogP contribution in [0.3, 0.4) is 0 Å². The Kier molecular flexibility index (Phi) is 2.92. The van der Waals surface area contributed by atoms with E-state index in [9.17, 15) is 0 Å². The summed E-state index contributed by atoms with van der Waals surface area (Å²) in [6.45, 7) is 1.95. The highest BCUT2D eigenvalue weighted by atomic mass is 16.4. The molecule has 70 valence electrons. The van der Waals surface area contributed by atoms with E-state index in [-0.39, 0.29) is 6.04 Å². The van der Waals surface area contributed by atoms with E-state index >= 15 is 0 Å². The fourth-order valence-electron chi connectivity index (χ4n) is 1.40. The van der Waals surface area contributed by atoms with Crippen molar-refractivity contribution < 1.29 is 5.21 Å². The van der Waals surface area contributed by atoms with Crippen LogP contribution in [0.4, 0.5) is 0 Å². The zero-order valence-corrected chi connectivity index (χ0v) is 7.70. The third-order valence-corrected chi connectivity index (χ3v) is 2.81. The molecule has 1 unspecified atom stereocenters. The molecule has 0 bridgehead atoms. The lowest BCUT2D eigenvalue weighted by atomic mass is 9.91. The van der Waals surface area contributed by atoms with Crippen LogP contribution >= 0.6 is 0 Å². The van der Waals surface area contributed by atoms with Crippen LogP contribution in [-0.4, -0.2) is 35.1 Å². The first-order valence-corrected chi connectivity index (χ1v) is 4.36. The van der Waals surface area contributed by atoms with Gasteiger partial charge in [-0.2, -0.15) is 0 Å². The second-order valence-corrected chi connectivity index (χ2v) is 3.45. The van der Waals surface area contributed by atoms with Crippen LogP contribution in [0.5, 0.6) is 0 Å². The van der Waals surface area contributed by atoms with Gasteiger partial charge in [-0.05, 0) is 26.8 Å². The lowest BCUT2D eigenvalue weighted by Crippen LogP contribution is -2.48. The van der Waals surface area contributed by atoms with E-state index in [1.54, 1.807) is 0 Å². The second-order valence-electron chi connectivity index (χ2n) is 3.45. The zero-order chi connectivity index (χ0) is 9.14. The summed E-state index contributed by atoms with van der Waals surface area (Å²) in [6, 6.07) is 0.667. The first-order chi connectivity index (χ1) is 5.66. The Labute approximate surface area is 73.0 Å². The van der Waals surface area contributed by atoms with Gasteiger partial charge in [0.15, 0.2) is 5.84 Å². The predicted molar refractivity (Wildman–Crippen MR) is 48.3 cm³/mol. The van der Waals surface area contributed by atoms with Gasteiger partial charge >= 0.3 is 0 Å². The largest absolute Gasteiger partial charge is 0.409 e. The Bertz CT molecular complexity index is 177.